The normalized spacial score (nSPS) is 11.9. The zero-order chi connectivity index (χ0) is 17.6. The van der Waals surface area contributed by atoms with Gasteiger partial charge in [-0.25, -0.2) is 4.98 Å². The second kappa shape index (κ2) is 7.98. The fourth-order valence-corrected chi connectivity index (χ4v) is 3.21. The lowest BCUT2D eigenvalue weighted by Crippen LogP contribution is -2.20. The molecule has 1 unspecified atom stereocenters. The van der Waals surface area contributed by atoms with Crippen LogP contribution in [0.2, 0.25) is 0 Å². The number of hydrogen-bond acceptors (Lipinski definition) is 4. The van der Waals surface area contributed by atoms with E-state index in [1.165, 1.54) is 11.3 Å². The minimum Gasteiger partial charge on any atom is -0.483 e. The van der Waals surface area contributed by atoms with Crippen molar-refractivity contribution in [3.05, 3.63) is 53.5 Å². The topological polar surface area (TPSA) is 67.0 Å². The number of hydrogen-bond donors (Lipinski definition) is 2. The van der Waals surface area contributed by atoms with E-state index >= 15 is 0 Å². The summed E-state index contributed by atoms with van der Waals surface area (Å²) in [7, 11) is 0. The van der Waals surface area contributed by atoms with Crippen LogP contribution < -0.4 is 10.1 Å². The Labute approximate surface area is 151 Å². The van der Waals surface area contributed by atoms with Gasteiger partial charge in [0, 0.05) is 11.6 Å². The summed E-state index contributed by atoms with van der Waals surface area (Å²) in [5.74, 6) is 0.936. The highest BCUT2D eigenvalue weighted by molar-refractivity contribution is 7.14. The van der Waals surface area contributed by atoms with E-state index < -0.39 is 0 Å². The molecule has 1 aromatic carbocycles. The molecule has 0 aliphatic heterocycles. The van der Waals surface area contributed by atoms with Crippen LogP contribution in [0.15, 0.2) is 48.0 Å². The van der Waals surface area contributed by atoms with Gasteiger partial charge in [0.15, 0.2) is 11.7 Å². The van der Waals surface area contributed by atoms with E-state index in [1.807, 2.05) is 48.0 Å². The summed E-state index contributed by atoms with van der Waals surface area (Å²) in [4.78, 5) is 19.7. The summed E-state index contributed by atoms with van der Waals surface area (Å²) >= 11 is 1.39. The summed E-state index contributed by atoms with van der Waals surface area (Å²) < 4.78 is 5.73. The predicted molar refractivity (Wildman–Crippen MR) is 101 cm³/mol. The van der Waals surface area contributed by atoms with Crippen LogP contribution in [-0.2, 0) is 4.79 Å². The van der Waals surface area contributed by atoms with Gasteiger partial charge >= 0.3 is 0 Å². The number of thiazole rings is 1. The van der Waals surface area contributed by atoms with E-state index in [9.17, 15) is 4.79 Å². The minimum absolute atomic E-state index is 0.0368. The lowest BCUT2D eigenvalue weighted by Gasteiger charge is -2.15. The Morgan fingerprint density at radius 2 is 2.16 bits per heavy atom. The zero-order valence-electron chi connectivity index (χ0n) is 14.3. The van der Waals surface area contributed by atoms with Crippen LogP contribution in [0.4, 0.5) is 5.13 Å². The summed E-state index contributed by atoms with van der Waals surface area (Å²) in [5, 5.41) is 5.25. The van der Waals surface area contributed by atoms with Gasteiger partial charge in [-0.05, 0) is 36.1 Å². The molecule has 130 valence electrons. The summed E-state index contributed by atoms with van der Waals surface area (Å²) in [5.41, 5.74) is 2.87. The number of amides is 1. The first-order valence-electron chi connectivity index (χ1n) is 8.28. The lowest BCUT2D eigenvalue weighted by molar-refractivity contribution is -0.118. The van der Waals surface area contributed by atoms with Crippen LogP contribution in [0.3, 0.4) is 0 Å². The Kier molecular flexibility index (Phi) is 5.50. The lowest BCUT2D eigenvalue weighted by atomic mass is 9.98. The van der Waals surface area contributed by atoms with Crippen molar-refractivity contribution >= 4 is 22.4 Å². The largest absolute Gasteiger partial charge is 0.483 e. The zero-order valence-corrected chi connectivity index (χ0v) is 15.1. The average Bonchev–Trinajstić information content (AvgIpc) is 3.31. The molecule has 0 saturated carbocycles. The first kappa shape index (κ1) is 17.2. The number of aromatic nitrogens is 2. The molecule has 1 amide bonds. The van der Waals surface area contributed by atoms with E-state index in [4.69, 9.17) is 4.74 Å². The number of H-pyrrole nitrogens is 1. The van der Waals surface area contributed by atoms with Gasteiger partial charge in [0.2, 0.25) is 0 Å². The Hall–Kier alpha value is -2.60. The highest BCUT2D eigenvalue weighted by Gasteiger charge is 2.12. The number of ether oxygens (including phenoxy) is 1. The van der Waals surface area contributed by atoms with Crippen LogP contribution in [-0.4, -0.2) is 22.5 Å². The molecule has 0 radical (unpaired) electrons. The van der Waals surface area contributed by atoms with Gasteiger partial charge in [0.25, 0.3) is 5.91 Å². The molecule has 0 saturated heterocycles. The van der Waals surface area contributed by atoms with Crippen LogP contribution in [0.25, 0.3) is 11.4 Å². The van der Waals surface area contributed by atoms with Gasteiger partial charge in [-0.1, -0.05) is 32.0 Å². The van der Waals surface area contributed by atoms with Crippen molar-refractivity contribution in [2.75, 3.05) is 11.9 Å². The molecule has 0 bridgehead atoms. The van der Waals surface area contributed by atoms with Crippen molar-refractivity contribution in [2.45, 2.75) is 26.2 Å². The standard InChI is InChI=1S/C19H21N3O2S/c1-3-13(2)14-7-4-5-9-17(14)24-11-18(23)22-19-21-16(12-25-19)15-8-6-10-20-15/h4-10,12-13,20H,3,11H2,1-2H3,(H,21,22,23). The first-order valence-corrected chi connectivity index (χ1v) is 9.16. The van der Waals surface area contributed by atoms with Crippen molar-refractivity contribution in [1.29, 1.82) is 0 Å². The predicted octanol–water partition coefficient (Wildman–Crippen LogP) is 4.67. The molecule has 0 aliphatic carbocycles. The van der Waals surface area contributed by atoms with Crippen LogP contribution in [0, 0.1) is 0 Å². The van der Waals surface area contributed by atoms with E-state index in [0.29, 0.717) is 11.0 Å². The maximum absolute atomic E-state index is 12.2. The fraction of sp³-hybridized carbons (Fsp3) is 0.263. The van der Waals surface area contributed by atoms with E-state index in [1.54, 1.807) is 0 Å². The molecule has 2 heterocycles. The SMILES string of the molecule is CCC(C)c1ccccc1OCC(=O)Nc1nc(-c2ccc[nH]2)cs1. The number of nitrogens with zero attached hydrogens (tertiary/aromatic N) is 1. The monoisotopic (exact) mass is 355 g/mol. The molecule has 2 aromatic heterocycles. The second-order valence-corrected chi connectivity index (χ2v) is 6.66. The summed E-state index contributed by atoms with van der Waals surface area (Å²) in [6.45, 7) is 4.25. The third-order valence-electron chi connectivity index (χ3n) is 4.05. The van der Waals surface area contributed by atoms with Crippen molar-refractivity contribution in [2.24, 2.45) is 0 Å². The van der Waals surface area contributed by atoms with Crippen LogP contribution >= 0.6 is 11.3 Å². The third-order valence-corrected chi connectivity index (χ3v) is 4.80. The van der Waals surface area contributed by atoms with Gasteiger partial charge < -0.3 is 9.72 Å². The number of para-hydroxylation sites is 1. The second-order valence-electron chi connectivity index (χ2n) is 5.81. The smallest absolute Gasteiger partial charge is 0.264 e. The molecular weight excluding hydrogens is 334 g/mol. The number of nitrogens with one attached hydrogen (secondary N) is 2. The molecule has 5 nitrogen and oxygen atoms in total. The van der Waals surface area contributed by atoms with Crippen LogP contribution in [0.5, 0.6) is 5.75 Å². The molecule has 0 aliphatic rings. The molecular formula is C19H21N3O2S. The average molecular weight is 355 g/mol. The molecule has 3 aromatic rings. The van der Waals surface area contributed by atoms with Gasteiger partial charge in [-0.15, -0.1) is 11.3 Å². The number of rotatable bonds is 7. The van der Waals surface area contributed by atoms with Crippen molar-refractivity contribution in [3.63, 3.8) is 0 Å². The molecule has 25 heavy (non-hydrogen) atoms. The van der Waals surface area contributed by atoms with Crippen molar-refractivity contribution in [3.8, 4) is 17.1 Å². The summed E-state index contributed by atoms with van der Waals surface area (Å²) in [6, 6.07) is 11.7. The van der Waals surface area contributed by atoms with Gasteiger partial charge in [0.1, 0.15) is 5.75 Å². The molecule has 1 atom stereocenters. The number of aromatic amines is 1. The number of benzene rings is 1. The van der Waals surface area contributed by atoms with Crippen LogP contribution in [0.1, 0.15) is 31.7 Å². The van der Waals surface area contributed by atoms with E-state index in [0.717, 1.165) is 29.1 Å². The number of anilines is 1. The number of carbonyl (C=O) groups excluding carboxylic acids is 1. The summed E-state index contributed by atoms with van der Waals surface area (Å²) in [6.07, 6.45) is 2.86. The molecule has 3 rings (SSSR count). The first-order chi connectivity index (χ1) is 12.2. The maximum Gasteiger partial charge on any atom is 0.264 e. The molecule has 0 fully saturated rings. The third kappa shape index (κ3) is 4.28. The van der Waals surface area contributed by atoms with Crippen molar-refractivity contribution < 1.29 is 9.53 Å². The molecule has 2 N–H and O–H groups in total. The Balaban J connectivity index is 1.59. The molecule has 6 heteroatoms. The maximum atomic E-state index is 12.2. The molecule has 0 spiro atoms. The highest BCUT2D eigenvalue weighted by atomic mass is 32.1. The van der Waals surface area contributed by atoms with Gasteiger partial charge in [0.05, 0.1) is 11.4 Å². The van der Waals surface area contributed by atoms with E-state index in [2.05, 4.69) is 29.1 Å². The Morgan fingerprint density at radius 1 is 1.32 bits per heavy atom. The Morgan fingerprint density at radius 3 is 2.92 bits per heavy atom. The highest BCUT2D eigenvalue weighted by Crippen LogP contribution is 2.28. The van der Waals surface area contributed by atoms with Crippen molar-refractivity contribution in [1.82, 2.24) is 9.97 Å². The fourth-order valence-electron chi connectivity index (χ4n) is 2.48. The number of carbonyl (C=O) groups is 1. The Bertz CT molecular complexity index is 827. The van der Waals surface area contributed by atoms with Gasteiger partial charge in [-0.2, -0.15) is 0 Å². The quantitative estimate of drug-likeness (QED) is 0.647. The minimum atomic E-state index is -0.216. The van der Waals surface area contributed by atoms with E-state index in [-0.39, 0.29) is 12.5 Å². The van der Waals surface area contributed by atoms with Gasteiger partial charge in [-0.3, -0.25) is 10.1 Å².